The fourth-order valence-corrected chi connectivity index (χ4v) is 7.81. The first-order chi connectivity index (χ1) is 14.9. The number of nitrogens with zero attached hydrogens (tertiary/aromatic N) is 3. The van der Waals surface area contributed by atoms with Gasteiger partial charge in [-0.15, -0.1) is 0 Å². The number of amidine groups is 1. The second kappa shape index (κ2) is 7.16. The molecule has 3 heterocycles. The van der Waals surface area contributed by atoms with E-state index in [1.54, 1.807) is 27.7 Å². The van der Waals surface area contributed by atoms with Crippen LogP contribution in [0.1, 0.15) is 67.3 Å². The van der Waals surface area contributed by atoms with Gasteiger partial charge in [-0.3, -0.25) is 14.8 Å². The molecule has 2 aromatic rings. The van der Waals surface area contributed by atoms with Crippen LogP contribution in [0.5, 0.6) is 0 Å². The molecule has 9 heteroatoms. The van der Waals surface area contributed by atoms with Gasteiger partial charge in [0.15, 0.2) is 15.6 Å². The Balaban J connectivity index is 1.80. The molecule has 2 N–H and O–H groups in total. The zero-order valence-corrected chi connectivity index (χ0v) is 19.5. The molecule has 0 unspecified atom stereocenters. The highest BCUT2D eigenvalue weighted by atomic mass is 32.2. The fourth-order valence-electron chi connectivity index (χ4n) is 4.99. The highest BCUT2D eigenvalue weighted by Crippen LogP contribution is 2.56. The number of carbonyl (C=O) groups is 1. The Morgan fingerprint density at radius 2 is 1.88 bits per heavy atom. The van der Waals surface area contributed by atoms with Crippen molar-refractivity contribution in [2.45, 2.75) is 68.4 Å². The second-order valence-electron chi connectivity index (χ2n) is 9.35. The molecule has 0 spiro atoms. The predicted molar refractivity (Wildman–Crippen MR) is 120 cm³/mol. The Morgan fingerprint density at radius 3 is 2.53 bits per heavy atom. The van der Waals surface area contributed by atoms with E-state index in [0.29, 0.717) is 30.5 Å². The van der Waals surface area contributed by atoms with Gasteiger partial charge in [0.2, 0.25) is 0 Å². The molecule has 2 aliphatic heterocycles. The smallest absolute Gasteiger partial charge is 0.187 e. The topological polar surface area (TPSA) is 115 Å². The lowest BCUT2D eigenvalue weighted by Gasteiger charge is -2.55. The van der Waals surface area contributed by atoms with Crippen LogP contribution in [0, 0.1) is 12.7 Å². The van der Waals surface area contributed by atoms with Crippen LogP contribution >= 0.6 is 0 Å². The Bertz CT molecular complexity index is 1240. The minimum atomic E-state index is -3.78. The van der Waals surface area contributed by atoms with Crippen LogP contribution < -0.4 is 5.73 Å². The fraction of sp³-hybridized carbons (Fsp3) is 0.478. The molecule has 170 valence electrons. The van der Waals surface area contributed by atoms with E-state index in [9.17, 15) is 13.2 Å². The molecule has 1 saturated heterocycles. The quantitative estimate of drug-likeness (QED) is 0.704. The molecule has 7 nitrogen and oxygen atoms in total. The van der Waals surface area contributed by atoms with Crippen LogP contribution in [0.3, 0.4) is 0 Å². The van der Waals surface area contributed by atoms with Gasteiger partial charge >= 0.3 is 0 Å². The number of Topliss-reactive ketones (excluding diaryl/α,β-unsaturated/α-hetero) is 1. The first-order valence-electron chi connectivity index (χ1n) is 10.6. The Hall–Kier alpha value is -2.68. The van der Waals surface area contributed by atoms with E-state index in [4.69, 9.17) is 5.73 Å². The van der Waals surface area contributed by atoms with Crippen molar-refractivity contribution < 1.29 is 17.6 Å². The lowest BCUT2D eigenvalue weighted by molar-refractivity contribution is 0.0987. The highest BCUT2D eigenvalue weighted by Gasteiger charge is 2.67. The largest absolute Gasteiger partial charge is 0.386 e. The molecule has 3 atom stereocenters. The van der Waals surface area contributed by atoms with E-state index in [1.165, 1.54) is 30.6 Å². The molecule has 0 saturated carbocycles. The number of benzene rings is 1. The first kappa shape index (κ1) is 22.5. The first-order valence-corrected chi connectivity index (χ1v) is 12.0. The number of carbonyl (C=O) groups excluding carboxylic acids is 1. The SMILES string of the molecule is Cc1cnc(C(=O)Cc2ccc(F)c([C@@]3(C)N=C(N)[C@]4(C)CCC[C@@]3(C)S4(=O)=O)c2)cn1. The van der Waals surface area contributed by atoms with Gasteiger partial charge in [0.05, 0.1) is 16.6 Å². The molecule has 1 aromatic heterocycles. The van der Waals surface area contributed by atoms with Gasteiger partial charge in [0.1, 0.15) is 27.6 Å². The molecular formula is C23H27FN4O3S. The zero-order valence-electron chi connectivity index (χ0n) is 18.6. The van der Waals surface area contributed by atoms with Crippen molar-refractivity contribution in [2.75, 3.05) is 0 Å². The number of aromatic nitrogens is 2. The number of hydrogen-bond acceptors (Lipinski definition) is 7. The van der Waals surface area contributed by atoms with Gasteiger partial charge in [0.25, 0.3) is 0 Å². The molecular weight excluding hydrogens is 431 g/mol. The van der Waals surface area contributed by atoms with Crippen LogP contribution in [0.4, 0.5) is 4.39 Å². The van der Waals surface area contributed by atoms with Gasteiger partial charge in [-0.1, -0.05) is 6.07 Å². The molecule has 4 rings (SSSR count). The van der Waals surface area contributed by atoms with E-state index < -0.39 is 30.7 Å². The third-order valence-corrected chi connectivity index (χ3v) is 10.8. The van der Waals surface area contributed by atoms with Crippen LogP contribution in [-0.4, -0.2) is 39.5 Å². The maximum Gasteiger partial charge on any atom is 0.187 e. The average molecular weight is 459 g/mol. The number of rotatable bonds is 4. The standard InChI is InChI=1S/C23H27FN4O3S/c1-14-12-27-18(13-26-14)19(29)11-15-6-7-17(24)16(10-15)23(4)22(3)9-5-8-21(2,20(25)28-23)32(22,30)31/h6-7,10,12-13H,5,8-9,11H2,1-4H3,(H2,25,28)/t21-,22+,23+/m0/s1. The van der Waals surface area contributed by atoms with Gasteiger partial charge in [0, 0.05) is 18.2 Å². The van der Waals surface area contributed by atoms with E-state index >= 15 is 4.39 Å². The van der Waals surface area contributed by atoms with Crippen molar-refractivity contribution >= 4 is 21.5 Å². The summed E-state index contributed by atoms with van der Waals surface area (Å²) >= 11 is 0. The minimum Gasteiger partial charge on any atom is -0.386 e. The third kappa shape index (κ3) is 2.93. The highest BCUT2D eigenvalue weighted by molar-refractivity contribution is 7.95. The summed E-state index contributed by atoms with van der Waals surface area (Å²) in [6, 6.07) is 4.30. The van der Waals surface area contributed by atoms with Gasteiger partial charge in [-0.05, 0) is 64.7 Å². The molecule has 0 radical (unpaired) electrons. The summed E-state index contributed by atoms with van der Waals surface area (Å²) in [5.74, 6) is -0.843. The van der Waals surface area contributed by atoms with Gasteiger partial charge in [-0.2, -0.15) is 0 Å². The summed E-state index contributed by atoms with van der Waals surface area (Å²) in [4.78, 5) is 25.5. The monoisotopic (exact) mass is 458 g/mol. The number of hydrogen-bond donors (Lipinski definition) is 1. The van der Waals surface area contributed by atoms with E-state index in [0.717, 1.165) is 0 Å². The lowest BCUT2D eigenvalue weighted by atomic mass is 9.74. The van der Waals surface area contributed by atoms with E-state index in [1.807, 2.05) is 0 Å². The molecule has 0 aliphatic carbocycles. The summed E-state index contributed by atoms with van der Waals surface area (Å²) in [6.07, 6.45) is 4.28. The molecule has 1 fully saturated rings. The van der Waals surface area contributed by atoms with Gasteiger partial charge in [-0.25, -0.2) is 17.8 Å². The number of halogens is 1. The number of nitrogens with two attached hydrogens (primary N) is 1. The van der Waals surface area contributed by atoms with Crippen LogP contribution in [0.25, 0.3) is 0 Å². The predicted octanol–water partition coefficient (Wildman–Crippen LogP) is 3.05. The summed E-state index contributed by atoms with van der Waals surface area (Å²) in [5, 5.41) is 0. The molecule has 2 bridgehead atoms. The van der Waals surface area contributed by atoms with Crippen molar-refractivity contribution in [3.05, 3.63) is 58.9 Å². The normalized spacial score (nSPS) is 31.1. The minimum absolute atomic E-state index is 0.00739. The third-order valence-electron chi connectivity index (χ3n) is 7.40. The van der Waals surface area contributed by atoms with E-state index in [-0.39, 0.29) is 29.3 Å². The summed E-state index contributed by atoms with van der Waals surface area (Å²) in [5.41, 5.74) is 6.34. The van der Waals surface area contributed by atoms with Crippen molar-refractivity contribution in [1.82, 2.24) is 9.97 Å². The number of ketones is 1. The second-order valence-corrected chi connectivity index (χ2v) is 12.2. The van der Waals surface area contributed by atoms with Crippen molar-refractivity contribution in [3.63, 3.8) is 0 Å². The maximum atomic E-state index is 15.2. The van der Waals surface area contributed by atoms with Crippen molar-refractivity contribution in [3.8, 4) is 0 Å². The Kier molecular flexibility index (Phi) is 5.04. The Labute approximate surface area is 187 Å². The van der Waals surface area contributed by atoms with Crippen LogP contribution in [-0.2, 0) is 21.8 Å². The number of fused-ring (bicyclic) bond motifs is 2. The average Bonchev–Trinajstić information content (AvgIpc) is 2.73. The summed E-state index contributed by atoms with van der Waals surface area (Å²) < 4.78 is 39.9. The van der Waals surface area contributed by atoms with Crippen molar-refractivity contribution in [1.29, 1.82) is 0 Å². The molecule has 2 aliphatic rings. The van der Waals surface area contributed by atoms with E-state index in [2.05, 4.69) is 15.0 Å². The maximum absolute atomic E-state index is 15.2. The number of sulfone groups is 1. The van der Waals surface area contributed by atoms with Crippen LogP contribution in [0.15, 0.2) is 35.6 Å². The summed E-state index contributed by atoms with van der Waals surface area (Å²) in [7, 11) is -3.78. The lowest BCUT2D eigenvalue weighted by Crippen LogP contribution is -2.69. The zero-order chi connectivity index (χ0) is 23.5. The molecule has 1 aromatic carbocycles. The van der Waals surface area contributed by atoms with Gasteiger partial charge < -0.3 is 5.73 Å². The summed E-state index contributed by atoms with van der Waals surface area (Å²) in [6.45, 7) is 6.63. The van der Waals surface area contributed by atoms with Crippen LogP contribution in [0.2, 0.25) is 0 Å². The Morgan fingerprint density at radius 1 is 1.16 bits per heavy atom. The van der Waals surface area contributed by atoms with Crippen molar-refractivity contribution in [2.24, 2.45) is 10.7 Å². The molecule has 0 amide bonds. The number of aryl methyl sites for hydroxylation is 1. The number of aliphatic imine (C=N–C) groups is 1. The molecule has 32 heavy (non-hydrogen) atoms.